The SMILES string of the molecule is COc1ccccc1Nc1ncccc1C(=O)OCC(=O)NCCc1ccc(OC(F)F)cc1. The second-order valence-electron chi connectivity index (χ2n) is 6.92. The van der Waals surface area contributed by atoms with E-state index in [2.05, 4.69) is 20.4 Å². The average molecular weight is 471 g/mol. The normalized spacial score (nSPS) is 10.5. The van der Waals surface area contributed by atoms with E-state index in [4.69, 9.17) is 9.47 Å². The van der Waals surface area contributed by atoms with Crippen molar-refractivity contribution in [1.82, 2.24) is 10.3 Å². The number of halogens is 2. The van der Waals surface area contributed by atoms with Crippen LogP contribution in [-0.2, 0) is 16.0 Å². The maximum absolute atomic E-state index is 12.5. The number of nitrogens with zero attached hydrogens (tertiary/aromatic N) is 1. The highest BCUT2D eigenvalue weighted by Crippen LogP contribution is 2.27. The molecule has 0 saturated carbocycles. The molecule has 3 rings (SSSR count). The molecule has 10 heteroatoms. The Morgan fingerprint density at radius 2 is 1.79 bits per heavy atom. The van der Waals surface area contributed by atoms with Crippen LogP contribution in [0.2, 0.25) is 0 Å². The van der Waals surface area contributed by atoms with Crippen LogP contribution in [0.3, 0.4) is 0 Å². The minimum atomic E-state index is -2.88. The predicted molar refractivity (Wildman–Crippen MR) is 121 cm³/mol. The van der Waals surface area contributed by atoms with Gasteiger partial charge >= 0.3 is 12.6 Å². The smallest absolute Gasteiger partial charge is 0.387 e. The third-order valence-electron chi connectivity index (χ3n) is 4.61. The van der Waals surface area contributed by atoms with Gasteiger partial charge in [0.15, 0.2) is 6.61 Å². The average Bonchev–Trinajstić information content (AvgIpc) is 2.84. The van der Waals surface area contributed by atoms with Crippen LogP contribution in [0.4, 0.5) is 20.3 Å². The number of aromatic nitrogens is 1. The van der Waals surface area contributed by atoms with Gasteiger partial charge in [0.1, 0.15) is 22.9 Å². The summed E-state index contributed by atoms with van der Waals surface area (Å²) in [6.45, 7) is -3.07. The molecule has 2 N–H and O–H groups in total. The van der Waals surface area contributed by atoms with Crippen molar-refractivity contribution >= 4 is 23.4 Å². The van der Waals surface area contributed by atoms with Crippen LogP contribution in [0, 0.1) is 0 Å². The second kappa shape index (κ2) is 12.1. The number of pyridine rings is 1. The lowest BCUT2D eigenvalue weighted by Gasteiger charge is -2.13. The Morgan fingerprint density at radius 1 is 1.03 bits per heavy atom. The summed E-state index contributed by atoms with van der Waals surface area (Å²) >= 11 is 0. The summed E-state index contributed by atoms with van der Waals surface area (Å²) in [6, 6.07) is 16.4. The van der Waals surface area contributed by atoms with E-state index in [1.54, 1.807) is 30.3 Å². The first-order valence-electron chi connectivity index (χ1n) is 10.3. The van der Waals surface area contributed by atoms with Crippen LogP contribution in [0.1, 0.15) is 15.9 Å². The number of benzene rings is 2. The Bertz CT molecular complexity index is 1110. The van der Waals surface area contributed by atoms with Gasteiger partial charge in [-0.3, -0.25) is 4.79 Å². The third kappa shape index (κ3) is 7.16. The highest BCUT2D eigenvalue weighted by atomic mass is 19.3. The summed E-state index contributed by atoms with van der Waals surface area (Å²) in [6.07, 6.45) is 1.98. The monoisotopic (exact) mass is 471 g/mol. The fourth-order valence-corrected chi connectivity index (χ4v) is 2.99. The maximum Gasteiger partial charge on any atom is 0.387 e. The Balaban J connectivity index is 1.48. The van der Waals surface area contributed by atoms with Crippen LogP contribution in [-0.4, -0.2) is 43.7 Å². The van der Waals surface area contributed by atoms with Gasteiger partial charge in [0.25, 0.3) is 5.91 Å². The van der Waals surface area contributed by atoms with Crippen molar-refractivity contribution in [2.45, 2.75) is 13.0 Å². The minimum absolute atomic E-state index is 0.0599. The van der Waals surface area contributed by atoms with Crippen LogP contribution in [0.25, 0.3) is 0 Å². The number of alkyl halides is 2. The number of amides is 1. The molecule has 1 heterocycles. The molecule has 0 spiro atoms. The van der Waals surface area contributed by atoms with Gasteiger partial charge < -0.3 is 24.8 Å². The third-order valence-corrected chi connectivity index (χ3v) is 4.61. The zero-order chi connectivity index (χ0) is 24.3. The fraction of sp³-hybridized carbons (Fsp3) is 0.208. The maximum atomic E-state index is 12.5. The molecule has 178 valence electrons. The van der Waals surface area contributed by atoms with Crippen molar-refractivity contribution in [3.8, 4) is 11.5 Å². The predicted octanol–water partition coefficient (Wildman–Crippen LogP) is 3.95. The highest BCUT2D eigenvalue weighted by Gasteiger charge is 2.16. The van der Waals surface area contributed by atoms with Crippen molar-refractivity contribution in [2.75, 3.05) is 25.6 Å². The van der Waals surface area contributed by atoms with Gasteiger partial charge in [-0.25, -0.2) is 9.78 Å². The van der Waals surface area contributed by atoms with Crippen LogP contribution in [0.5, 0.6) is 11.5 Å². The molecule has 2 aromatic carbocycles. The number of esters is 1. The van der Waals surface area contributed by atoms with Crippen molar-refractivity contribution < 1.29 is 32.6 Å². The van der Waals surface area contributed by atoms with Crippen LogP contribution >= 0.6 is 0 Å². The van der Waals surface area contributed by atoms with E-state index in [0.29, 0.717) is 17.9 Å². The number of methoxy groups -OCH3 is 1. The van der Waals surface area contributed by atoms with E-state index in [0.717, 1.165) is 5.56 Å². The molecular weight excluding hydrogens is 448 g/mol. The number of nitrogens with one attached hydrogen (secondary N) is 2. The summed E-state index contributed by atoms with van der Waals surface area (Å²) in [5.41, 5.74) is 1.60. The molecule has 0 aliphatic rings. The number of carbonyl (C=O) groups is 2. The summed E-state index contributed by atoms with van der Waals surface area (Å²) in [5.74, 6) is -0.297. The first-order valence-corrected chi connectivity index (χ1v) is 10.3. The number of carbonyl (C=O) groups excluding carboxylic acids is 2. The molecule has 8 nitrogen and oxygen atoms in total. The quantitative estimate of drug-likeness (QED) is 0.409. The Hall–Kier alpha value is -4.21. The van der Waals surface area contributed by atoms with E-state index in [1.165, 1.54) is 31.5 Å². The Kier molecular flexibility index (Phi) is 8.73. The molecule has 1 aromatic heterocycles. The number of para-hydroxylation sites is 2. The van der Waals surface area contributed by atoms with Crippen molar-refractivity contribution in [3.05, 3.63) is 78.0 Å². The zero-order valence-corrected chi connectivity index (χ0v) is 18.3. The van der Waals surface area contributed by atoms with Crippen LogP contribution < -0.4 is 20.1 Å². The Labute approximate surface area is 194 Å². The highest BCUT2D eigenvalue weighted by molar-refractivity contribution is 5.96. The molecular formula is C24H23F2N3O5. The number of ether oxygens (including phenoxy) is 3. The molecule has 0 radical (unpaired) electrons. The first kappa shape index (κ1) is 24.4. The molecule has 0 unspecified atom stereocenters. The summed E-state index contributed by atoms with van der Waals surface area (Å²) in [4.78, 5) is 28.8. The molecule has 34 heavy (non-hydrogen) atoms. The summed E-state index contributed by atoms with van der Waals surface area (Å²) in [5, 5.41) is 5.68. The second-order valence-corrected chi connectivity index (χ2v) is 6.92. The number of anilines is 2. The minimum Gasteiger partial charge on any atom is -0.495 e. The lowest BCUT2D eigenvalue weighted by Crippen LogP contribution is -2.30. The van der Waals surface area contributed by atoms with Gasteiger partial charge in [-0.15, -0.1) is 0 Å². The van der Waals surface area contributed by atoms with Gasteiger partial charge in [0, 0.05) is 12.7 Å². The molecule has 0 aliphatic carbocycles. The lowest BCUT2D eigenvalue weighted by atomic mass is 10.1. The topological polar surface area (TPSA) is 98.8 Å². The van der Waals surface area contributed by atoms with Gasteiger partial charge in [-0.05, 0) is 48.4 Å². The van der Waals surface area contributed by atoms with Gasteiger partial charge in [-0.2, -0.15) is 8.78 Å². The molecule has 1 amide bonds. The largest absolute Gasteiger partial charge is 0.495 e. The number of rotatable bonds is 11. The molecule has 0 atom stereocenters. The first-order chi connectivity index (χ1) is 16.5. The number of hydrogen-bond acceptors (Lipinski definition) is 7. The zero-order valence-electron chi connectivity index (χ0n) is 18.3. The van der Waals surface area contributed by atoms with Gasteiger partial charge in [-0.1, -0.05) is 24.3 Å². The van der Waals surface area contributed by atoms with E-state index in [-0.39, 0.29) is 23.7 Å². The Morgan fingerprint density at radius 3 is 2.53 bits per heavy atom. The van der Waals surface area contributed by atoms with Gasteiger partial charge in [0.2, 0.25) is 0 Å². The van der Waals surface area contributed by atoms with Crippen molar-refractivity contribution in [2.24, 2.45) is 0 Å². The molecule has 0 bridgehead atoms. The number of hydrogen-bond donors (Lipinski definition) is 2. The summed E-state index contributed by atoms with van der Waals surface area (Å²) < 4.78 is 39.1. The molecule has 0 aliphatic heterocycles. The standard InChI is InChI=1S/C24H23F2N3O5/c1-32-20-7-3-2-6-19(20)29-22-18(5-4-13-28-22)23(31)33-15-21(30)27-14-12-16-8-10-17(11-9-16)34-24(25)26/h2-11,13,24H,12,14-15H2,1H3,(H,27,30)(H,28,29). The van der Waals surface area contributed by atoms with Crippen molar-refractivity contribution in [3.63, 3.8) is 0 Å². The lowest BCUT2D eigenvalue weighted by molar-refractivity contribution is -0.124. The summed E-state index contributed by atoms with van der Waals surface area (Å²) in [7, 11) is 1.53. The van der Waals surface area contributed by atoms with E-state index < -0.39 is 25.1 Å². The van der Waals surface area contributed by atoms with Crippen LogP contribution in [0.15, 0.2) is 66.9 Å². The van der Waals surface area contributed by atoms with E-state index in [1.807, 2.05) is 12.1 Å². The molecule has 0 fully saturated rings. The molecule has 0 saturated heterocycles. The van der Waals surface area contributed by atoms with E-state index in [9.17, 15) is 18.4 Å². The molecule has 3 aromatic rings. The van der Waals surface area contributed by atoms with Gasteiger partial charge in [0.05, 0.1) is 12.8 Å². The van der Waals surface area contributed by atoms with Crippen molar-refractivity contribution in [1.29, 1.82) is 0 Å². The van der Waals surface area contributed by atoms with E-state index >= 15 is 0 Å². The fourth-order valence-electron chi connectivity index (χ4n) is 2.99.